The molecule has 0 aromatic carbocycles. The van der Waals surface area contributed by atoms with E-state index in [2.05, 4.69) is 20.2 Å². The number of pyridine rings is 1. The first-order chi connectivity index (χ1) is 16.1. The summed E-state index contributed by atoms with van der Waals surface area (Å²) in [6, 6.07) is 1.53. The summed E-state index contributed by atoms with van der Waals surface area (Å²) in [5, 5.41) is 17.9. The number of carboxylic acids is 1. The molecular formula is C23H32N6O4. The Hall–Kier alpha value is -2.85. The lowest BCUT2D eigenvalue weighted by atomic mass is 10.1. The van der Waals surface area contributed by atoms with Gasteiger partial charge in [0.15, 0.2) is 0 Å². The number of ether oxygens (including phenoxy) is 1. The second kappa shape index (κ2) is 11.3. The first-order valence-electron chi connectivity index (χ1n) is 11.8. The van der Waals surface area contributed by atoms with E-state index in [1.165, 1.54) is 36.8 Å². The van der Waals surface area contributed by atoms with E-state index >= 15 is 0 Å². The van der Waals surface area contributed by atoms with E-state index in [1.54, 1.807) is 16.9 Å². The standard InChI is InChI=1S/C23H32N6O4/c30-22(31)17-28(20-6-11-33-12-7-20)23(32)18-13-21(15-24-14-18)29-16-19(25-26-29)5-10-27-8-3-1-2-4-9-27/h13-16,20H,1-12,17H2,(H,30,31). The van der Waals surface area contributed by atoms with E-state index in [1.807, 2.05) is 6.20 Å². The predicted octanol–water partition coefficient (Wildman–Crippen LogP) is 1.79. The topological polar surface area (TPSA) is 114 Å². The molecule has 0 aliphatic carbocycles. The first-order valence-corrected chi connectivity index (χ1v) is 11.8. The second-order valence-corrected chi connectivity index (χ2v) is 8.76. The minimum absolute atomic E-state index is 0.164. The fraction of sp³-hybridized carbons (Fsp3) is 0.609. The summed E-state index contributed by atoms with van der Waals surface area (Å²) in [7, 11) is 0. The number of hydrogen-bond acceptors (Lipinski definition) is 7. The van der Waals surface area contributed by atoms with Crippen LogP contribution in [0.3, 0.4) is 0 Å². The Kier molecular flexibility index (Phi) is 8.01. The molecular weight excluding hydrogens is 424 g/mol. The van der Waals surface area contributed by atoms with Crippen molar-refractivity contribution in [1.82, 2.24) is 29.8 Å². The summed E-state index contributed by atoms with van der Waals surface area (Å²) in [6.07, 6.45) is 12.2. The molecule has 2 aliphatic heterocycles. The monoisotopic (exact) mass is 456 g/mol. The summed E-state index contributed by atoms with van der Waals surface area (Å²) in [4.78, 5) is 32.7. The van der Waals surface area contributed by atoms with Gasteiger partial charge >= 0.3 is 5.97 Å². The molecule has 0 radical (unpaired) electrons. The van der Waals surface area contributed by atoms with Crippen molar-refractivity contribution in [1.29, 1.82) is 0 Å². The zero-order chi connectivity index (χ0) is 23.0. The quantitative estimate of drug-likeness (QED) is 0.640. The molecule has 0 bridgehead atoms. The minimum Gasteiger partial charge on any atom is -0.480 e. The molecule has 0 spiro atoms. The molecule has 1 N–H and O–H groups in total. The molecule has 10 nitrogen and oxygen atoms in total. The van der Waals surface area contributed by atoms with E-state index < -0.39 is 5.97 Å². The van der Waals surface area contributed by atoms with Gasteiger partial charge in [0.2, 0.25) is 0 Å². The van der Waals surface area contributed by atoms with Gasteiger partial charge in [0.1, 0.15) is 6.54 Å². The molecule has 1 amide bonds. The van der Waals surface area contributed by atoms with Crippen LogP contribution in [0.15, 0.2) is 24.7 Å². The average Bonchev–Trinajstić information content (AvgIpc) is 3.16. The third kappa shape index (κ3) is 6.35. The SMILES string of the molecule is O=C(O)CN(C(=O)c1cncc(-n2cc(CCN3CCCCCC3)nn2)c1)C1CCOCC1. The van der Waals surface area contributed by atoms with Crippen molar-refractivity contribution in [3.63, 3.8) is 0 Å². The van der Waals surface area contributed by atoms with Crippen molar-refractivity contribution < 1.29 is 19.4 Å². The molecule has 33 heavy (non-hydrogen) atoms. The van der Waals surface area contributed by atoms with Crippen LogP contribution >= 0.6 is 0 Å². The molecule has 2 saturated heterocycles. The largest absolute Gasteiger partial charge is 0.480 e. The Morgan fingerprint density at radius 1 is 1.12 bits per heavy atom. The maximum atomic E-state index is 13.2. The van der Waals surface area contributed by atoms with Crippen LogP contribution in [0.25, 0.3) is 5.69 Å². The highest BCUT2D eigenvalue weighted by Gasteiger charge is 2.28. The predicted molar refractivity (Wildman–Crippen MR) is 120 cm³/mol. The van der Waals surface area contributed by atoms with Gasteiger partial charge in [-0.05, 0) is 44.8 Å². The molecule has 2 aromatic rings. The number of aliphatic carboxylic acids is 1. The van der Waals surface area contributed by atoms with Crippen LogP contribution in [0.5, 0.6) is 0 Å². The van der Waals surface area contributed by atoms with Crippen molar-refractivity contribution in [3.8, 4) is 5.69 Å². The maximum Gasteiger partial charge on any atom is 0.323 e. The van der Waals surface area contributed by atoms with E-state index in [9.17, 15) is 14.7 Å². The molecule has 10 heteroatoms. The van der Waals surface area contributed by atoms with E-state index in [0.29, 0.717) is 37.3 Å². The highest BCUT2D eigenvalue weighted by molar-refractivity contribution is 5.96. The fourth-order valence-electron chi connectivity index (χ4n) is 4.52. The number of amides is 1. The third-order valence-corrected chi connectivity index (χ3v) is 6.36. The van der Waals surface area contributed by atoms with E-state index in [4.69, 9.17) is 4.74 Å². The van der Waals surface area contributed by atoms with Gasteiger partial charge in [0.05, 0.1) is 29.3 Å². The fourth-order valence-corrected chi connectivity index (χ4v) is 4.52. The highest BCUT2D eigenvalue weighted by Crippen LogP contribution is 2.19. The number of carbonyl (C=O) groups excluding carboxylic acids is 1. The van der Waals surface area contributed by atoms with Crippen molar-refractivity contribution in [3.05, 3.63) is 35.9 Å². The van der Waals surface area contributed by atoms with Gasteiger partial charge in [0, 0.05) is 38.4 Å². The smallest absolute Gasteiger partial charge is 0.323 e. The lowest BCUT2D eigenvalue weighted by molar-refractivity contribution is -0.138. The molecule has 0 unspecified atom stereocenters. The Morgan fingerprint density at radius 3 is 2.61 bits per heavy atom. The zero-order valence-corrected chi connectivity index (χ0v) is 18.9. The van der Waals surface area contributed by atoms with Gasteiger partial charge in [-0.1, -0.05) is 18.1 Å². The molecule has 4 heterocycles. The van der Waals surface area contributed by atoms with E-state index in [-0.39, 0.29) is 18.5 Å². The Labute approximate surface area is 193 Å². The highest BCUT2D eigenvalue weighted by atomic mass is 16.5. The molecule has 2 fully saturated rings. The number of likely N-dealkylation sites (tertiary alicyclic amines) is 1. The summed E-state index contributed by atoms with van der Waals surface area (Å²) >= 11 is 0. The van der Waals surface area contributed by atoms with Crippen LogP contribution in [-0.4, -0.2) is 92.2 Å². The summed E-state index contributed by atoms with van der Waals surface area (Å²) in [5.41, 5.74) is 1.85. The number of aromatic nitrogens is 4. The van der Waals surface area contributed by atoms with Crippen LogP contribution in [-0.2, 0) is 16.0 Å². The van der Waals surface area contributed by atoms with Gasteiger partial charge in [-0.15, -0.1) is 5.10 Å². The summed E-state index contributed by atoms with van der Waals surface area (Å²) < 4.78 is 6.99. The average molecular weight is 457 g/mol. The lowest BCUT2D eigenvalue weighted by Gasteiger charge is -2.33. The first kappa shape index (κ1) is 23.3. The summed E-state index contributed by atoms with van der Waals surface area (Å²) in [6.45, 7) is 3.93. The van der Waals surface area contributed by atoms with Crippen molar-refractivity contribution in [2.24, 2.45) is 0 Å². The minimum atomic E-state index is -1.04. The van der Waals surface area contributed by atoms with Gasteiger partial charge in [-0.2, -0.15) is 0 Å². The number of hydrogen-bond donors (Lipinski definition) is 1. The lowest BCUT2D eigenvalue weighted by Crippen LogP contribution is -2.46. The normalized spacial score (nSPS) is 18.1. The molecule has 0 saturated carbocycles. The molecule has 178 valence electrons. The van der Waals surface area contributed by atoms with Crippen molar-refractivity contribution in [2.45, 2.75) is 51.0 Å². The van der Waals surface area contributed by atoms with Crippen molar-refractivity contribution in [2.75, 3.05) is 39.4 Å². The number of carbonyl (C=O) groups is 2. The number of carboxylic acid groups (broad SMARTS) is 1. The van der Waals surface area contributed by atoms with Crippen LogP contribution in [0.1, 0.15) is 54.6 Å². The van der Waals surface area contributed by atoms with Gasteiger partial charge in [0.25, 0.3) is 5.91 Å². The van der Waals surface area contributed by atoms with Crippen molar-refractivity contribution >= 4 is 11.9 Å². The Bertz CT molecular complexity index is 935. The number of rotatable bonds is 8. The van der Waals surface area contributed by atoms with Crippen LogP contribution in [0.2, 0.25) is 0 Å². The molecule has 0 atom stereocenters. The van der Waals surface area contributed by atoms with Crippen LogP contribution < -0.4 is 0 Å². The van der Waals surface area contributed by atoms with Crippen LogP contribution in [0.4, 0.5) is 0 Å². The molecule has 2 aliphatic rings. The summed E-state index contributed by atoms with van der Waals surface area (Å²) in [5.74, 6) is -1.38. The Morgan fingerprint density at radius 2 is 1.88 bits per heavy atom. The molecule has 4 rings (SSSR count). The van der Waals surface area contributed by atoms with Gasteiger partial charge in [-0.25, -0.2) is 4.68 Å². The van der Waals surface area contributed by atoms with E-state index in [0.717, 1.165) is 31.7 Å². The Balaban J connectivity index is 1.44. The second-order valence-electron chi connectivity index (χ2n) is 8.76. The molecule has 2 aromatic heterocycles. The van der Waals surface area contributed by atoms with Crippen LogP contribution in [0, 0.1) is 0 Å². The zero-order valence-electron chi connectivity index (χ0n) is 18.9. The van der Waals surface area contributed by atoms with Gasteiger partial charge < -0.3 is 19.6 Å². The third-order valence-electron chi connectivity index (χ3n) is 6.36. The maximum absolute atomic E-state index is 13.2. The number of nitrogens with zero attached hydrogens (tertiary/aromatic N) is 6. The van der Waals surface area contributed by atoms with Gasteiger partial charge in [-0.3, -0.25) is 14.6 Å².